The summed E-state index contributed by atoms with van der Waals surface area (Å²) in [6, 6.07) is 0.681. The van der Waals surface area contributed by atoms with Crippen molar-refractivity contribution in [2.24, 2.45) is 0 Å². The fourth-order valence-electron chi connectivity index (χ4n) is 2.05. The van der Waals surface area contributed by atoms with Gasteiger partial charge in [-0.05, 0) is 33.2 Å². The van der Waals surface area contributed by atoms with E-state index in [0.717, 1.165) is 12.8 Å². The van der Waals surface area contributed by atoms with Crippen LogP contribution < -0.4 is 5.32 Å². The summed E-state index contributed by atoms with van der Waals surface area (Å²) in [5.41, 5.74) is 0. The molecule has 1 unspecified atom stereocenters. The van der Waals surface area contributed by atoms with E-state index in [1.54, 1.807) is 0 Å². The highest BCUT2D eigenvalue weighted by Crippen LogP contribution is 2.11. The van der Waals surface area contributed by atoms with Crippen LogP contribution in [0.1, 0.15) is 77.6 Å². The summed E-state index contributed by atoms with van der Waals surface area (Å²) in [6.07, 6.45) is 21.1. The minimum absolute atomic E-state index is 0.681. The molecule has 0 fully saturated rings. The monoisotopic (exact) mass is 236 g/mol. The third-order valence-electron chi connectivity index (χ3n) is 3.43. The Labute approximate surface area is 109 Å². The second-order valence-electron chi connectivity index (χ2n) is 5.09. The van der Waals surface area contributed by atoms with Gasteiger partial charge in [0.05, 0.1) is 0 Å². The summed E-state index contributed by atoms with van der Waals surface area (Å²) in [7, 11) is 2.04. The predicted octanol–water partition coefficient (Wildman–Crippen LogP) is 4.48. The van der Waals surface area contributed by atoms with Gasteiger partial charge < -0.3 is 5.32 Å². The van der Waals surface area contributed by atoms with E-state index < -0.39 is 0 Å². The zero-order chi connectivity index (χ0) is 12.8. The highest BCUT2D eigenvalue weighted by atomic mass is 14.8. The predicted molar refractivity (Wildman–Crippen MR) is 76.4 cm³/mol. The van der Waals surface area contributed by atoms with E-state index in [1.165, 1.54) is 57.8 Å². The third kappa shape index (κ3) is 13.5. The summed E-state index contributed by atoms with van der Waals surface area (Å²) < 4.78 is 0. The highest BCUT2D eigenvalue weighted by molar-refractivity contribution is 4.74. The summed E-state index contributed by atoms with van der Waals surface area (Å²) in [5, 5.41) is 3.28. The van der Waals surface area contributed by atoms with Crippen LogP contribution in [0.5, 0.6) is 0 Å². The first-order chi connectivity index (χ1) is 8.31. The van der Waals surface area contributed by atoms with E-state index in [2.05, 4.69) is 18.2 Å². The van der Waals surface area contributed by atoms with Gasteiger partial charge in [0.1, 0.15) is 0 Å². The minimum Gasteiger partial charge on any atom is -0.317 e. The molecular formula is C16H30N. The molecule has 1 radical (unpaired) electrons. The topological polar surface area (TPSA) is 12.0 Å². The van der Waals surface area contributed by atoms with Crippen molar-refractivity contribution in [3.8, 4) is 5.92 Å². The molecule has 17 heavy (non-hydrogen) atoms. The van der Waals surface area contributed by atoms with E-state index in [1.807, 2.05) is 7.05 Å². The van der Waals surface area contributed by atoms with Gasteiger partial charge in [-0.25, -0.2) is 0 Å². The Morgan fingerprint density at radius 2 is 1.35 bits per heavy atom. The average Bonchev–Trinajstić information content (AvgIpc) is 2.35. The van der Waals surface area contributed by atoms with Crippen LogP contribution >= 0.6 is 0 Å². The SMILES string of the molecule is [C]#CCCCCCCCCCCCC(C)NC. The fraction of sp³-hybridized carbons (Fsp3) is 0.875. The number of unbranched alkanes of at least 4 members (excludes halogenated alkanes) is 9. The van der Waals surface area contributed by atoms with Crippen LogP contribution in [-0.2, 0) is 0 Å². The van der Waals surface area contributed by atoms with E-state index in [0.29, 0.717) is 6.04 Å². The van der Waals surface area contributed by atoms with Crippen molar-refractivity contribution >= 4 is 0 Å². The van der Waals surface area contributed by atoms with Crippen LogP contribution in [0.2, 0.25) is 0 Å². The summed E-state index contributed by atoms with van der Waals surface area (Å²) in [5.74, 6) is 2.45. The molecular weight excluding hydrogens is 206 g/mol. The van der Waals surface area contributed by atoms with Crippen LogP contribution in [0.3, 0.4) is 0 Å². The number of hydrogen-bond acceptors (Lipinski definition) is 1. The van der Waals surface area contributed by atoms with Crippen molar-refractivity contribution in [2.75, 3.05) is 7.05 Å². The molecule has 0 aromatic heterocycles. The quantitative estimate of drug-likeness (QED) is 0.389. The number of rotatable bonds is 12. The summed E-state index contributed by atoms with van der Waals surface area (Å²) >= 11 is 0. The number of nitrogens with one attached hydrogen (secondary N) is 1. The largest absolute Gasteiger partial charge is 0.317 e. The number of hydrogen-bond donors (Lipinski definition) is 1. The minimum atomic E-state index is 0.681. The van der Waals surface area contributed by atoms with Gasteiger partial charge in [-0.15, -0.1) is 0 Å². The maximum absolute atomic E-state index is 6.80. The zero-order valence-electron chi connectivity index (χ0n) is 11.9. The molecule has 0 saturated carbocycles. The van der Waals surface area contributed by atoms with Gasteiger partial charge in [-0.3, -0.25) is 0 Å². The lowest BCUT2D eigenvalue weighted by molar-refractivity contribution is 0.503. The van der Waals surface area contributed by atoms with Crippen molar-refractivity contribution in [1.29, 1.82) is 0 Å². The van der Waals surface area contributed by atoms with Crippen LogP contribution in [0.25, 0.3) is 0 Å². The van der Waals surface area contributed by atoms with Crippen molar-refractivity contribution in [3.05, 3.63) is 6.42 Å². The third-order valence-corrected chi connectivity index (χ3v) is 3.43. The van der Waals surface area contributed by atoms with Crippen LogP contribution in [0.4, 0.5) is 0 Å². The van der Waals surface area contributed by atoms with E-state index >= 15 is 0 Å². The highest BCUT2D eigenvalue weighted by Gasteiger charge is 1.97. The average molecular weight is 236 g/mol. The molecule has 0 aliphatic rings. The molecule has 0 rings (SSSR count). The first kappa shape index (κ1) is 16.5. The fourth-order valence-corrected chi connectivity index (χ4v) is 2.05. The van der Waals surface area contributed by atoms with E-state index in [4.69, 9.17) is 6.42 Å². The molecule has 0 heterocycles. The van der Waals surface area contributed by atoms with Gasteiger partial charge in [0.2, 0.25) is 0 Å². The maximum atomic E-state index is 6.80. The van der Waals surface area contributed by atoms with Crippen molar-refractivity contribution in [3.63, 3.8) is 0 Å². The van der Waals surface area contributed by atoms with E-state index in [9.17, 15) is 0 Å². The van der Waals surface area contributed by atoms with Crippen LogP contribution in [-0.4, -0.2) is 13.1 Å². The Balaban J connectivity index is 2.97. The molecule has 0 aromatic carbocycles. The molecule has 99 valence electrons. The molecule has 0 aromatic rings. The molecule has 1 heteroatoms. The molecule has 0 saturated heterocycles. The molecule has 0 bridgehead atoms. The van der Waals surface area contributed by atoms with E-state index in [-0.39, 0.29) is 0 Å². The lowest BCUT2D eigenvalue weighted by Crippen LogP contribution is -2.20. The molecule has 0 aliphatic carbocycles. The second-order valence-corrected chi connectivity index (χ2v) is 5.09. The van der Waals surface area contributed by atoms with Gasteiger partial charge in [-0.2, -0.15) is 0 Å². The van der Waals surface area contributed by atoms with Gasteiger partial charge in [0.25, 0.3) is 0 Å². The Kier molecular flexibility index (Phi) is 13.2. The standard InChI is InChI=1S/C16H30N/c1-4-5-6-7-8-9-10-11-12-13-14-15-16(2)17-3/h16-17H,5-15H2,2-3H3. The Hall–Kier alpha value is -0.480. The lowest BCUT2D eigenvalue weighted by Gasteiger charge is -2.08. The first-order valence-corrected chi connectivity index (χ1v) is 7.38. The smallest absolute Gasteiger partial charge is 0.00989 e. The zero-order valence-corrected chi connectivity index (χ0v) is 11.9. The van der Waals surface area contributed by atoms with Crippen molar-refractivity contribution in [1.82, 2.24) is 5.32 Å². The molecule has 0 aliphatic heterocycles. The van der Waals surface area contributed by atoms with Gasteiger partial charge in [0, 0.05) is 12.5 Å². The van der Waals surface area contributed by atoms with Crippen molar-refractivity contribution < 1.29 is 0 Å². The molecule has 0 amide bonds. The van der Waals surface area contributed by atoms with Gasteiger partial charge >= 0.3 is 0 Å². The normalized spacial score (nSPS) is 12.3. The molecule has 1 atom stereocenters. The van der Waals surface area contributed by atoms with Crippen LogP contribution in [0, 0.1) is 12.3 Å². The molecule has 0 spiro atoms. The molecule has 1 N–H and O–H groups in total. The second kappa shape index (κ2) is 13.6. The maximum Gasteiger partial charge on any atom is 0.00989 e. The van der Waals surface area contributed by atoms with Gasteiger partial charge in [-0.1, -0.05) is 57.3 Å². The Bertz CT molecular complexity index is 180. The molecule has 1 nitrogen and oxygen atoms in total. The van der Waals surface area contributed by atoms with Crippen molar-refractivity contribution in [2.45, 2.75) is 83.6 Å². The first-order valence-electron chi connectivity index (χ1n) is 7.38. The lowest BCUT2D eigenvalue weighted by atomic mass is 10.0. The Morgan fingerprint density at radius 3 is 1.82 bits per heavy atom. The van der Waals surface area contributed by atoms with Crippen LogP contribution in [0.15, 0.2) is 0 Å². The summed E-state index contributed by atoms with van der Waals surface area (Å²) in [4.78, 5) is 0. The Morgan fingerprint density at radius 1 is 0.882 bits per heavy atom. The van der Waals surface area contributed by atoms with Gasteiger partial charge in [0.15, 0.2) is 0 Å². The summed E-state index contributed by atoms with van der Waals surface area (Å²) in [6.45, 7) is 2.26.